The number of ketones is 1. The number of carbonyl (C=O) groups is 2. The summed E-state index contributed by atoms with van der Waals surface area (Å²) in [6.07, 6.45) is 1.30. The van der Waals surface area contributed by atoms with E-state index in [9.17, 15) is 9.59 Å². The van der Waals surface area contributed by atoms with Gasteiger partial charge in [-0.15, -0.1) is 11.3 Å². The lowest BCUT2D eigenvalue weighted by Gasteiger charge is -2.09. The third kappa shape index (κ3) is 1.50. The van der Waals surface area contributed by atoms with E-state index in [1.54, 1.807) is 0 Å². The van der Waals surface area contributed by atoms with Crippen LogP contribution in [0.2, 0.25) is 0 Å². The van der Waals surface area contributed by atoms with Crippen molar-refractivity contribution in [2.45, 2.75) is 12.8 Å². The minimum absolute atomic E-state index is 0.0923. The number of rotatable bonds is 4. The Kier molecular flexibility index (Phi) is 2.47. The Hall–Kier alpha value is -1.40. The standard InChI is InChI=1S/C10H12N2O3S/c11-8(15)6-5(3-16-9(6)12)7(14)10(4-13)1-2-10/h3,13H,1-2,4,12H2,(H2,11,15). The van der Waals surface area contributed by atoms with Gasteiger partial charge < -0.3 is 16.6 Å². The molecule has 1 fully saturated rings. The lowest BCUT2D eigenvalue weighted by Crippen LogP contribution is -2.23. The molecule has 0 aromatic carbocycles. The smallest absolute Gasteiger partial charge is 0.252 e. The normalized spacial score (nSPS) is 17.1. The minimum atomic E-state index is -0.698. The molecule has 16 heavy (non-hydrogen) atoms. The minimum Gasteiger partial charge on any atom is -0.395 e. The molecule has 1 saturated carbocycles. The van der Waals surface area contributed by atoms with Crippen LogP contribution in [0, 0.1) is 5.41 Å². The number of carbonyl (C=O) groups excluding carboxylic acids is 2. The van der Waals surface area contributed by atoms with Gasteiger partial charge in [-0.2, -0.15) is 0 Å². The van der Waals surface area contributed by atoms with E-state index in [-0.39, 0.29) is 28.5 Å². The molecule has 0 radical (unpaired) electrons. The summed E-state index contributed by atoms with van der Waals surface area (Å²) < 4.78 is 0. The van der Waals surface area contributed by atoms with Crippen LogP contribution in [0.5, 0.6) is 0 Å². The fraction of sp³-hybridized carbons (Fsp3) is 0.400. The molecule has 1 aromatic rings. The first-order valence-corrected chi connectivity index (χ1v) is 5.72. The highest BCUT2D eigenvalue weighted by Crippen LogP contribution is 2.48. The van der Waals surface area contributed by atoms with Gasteiger partial charge in [0.15, 0.2) is 5.78 Å². The van der Waals surface area contributed by atoms with E-state index in [1.165, 1.54) is 5.38 Å². The number of amides is 1. The molecule has 0 aliphatic heterocycles. The van der Waals surface area contributed by atoms with Crippen molar-refractivity contribution in [1.29, 1.82) is 0 Å². The van der Waals surface area contributed by atoms with E-state index < -0.39 is 11.3 Å². The molecular weight excluding hydrogens is 228 g/mol. The molecule has 86 valence electrons. The third-order valence-corrected chi connectivity index (χ3v) is 3.76. The molecule has 0 atom stereocenters. The molecule has 1 aromatic heterocycles. The maximum absolute atomic E-state index is 12.1. The van der Waals surface area contributed by atoms with Gasteiger partial charge in [-0.1, -0.05) is 0 Å². The summed E-state index contributed by atoms with van der Waals surface area (Å²) in [6, 6.07) is 0. The number of Topliss-reactive ketones (excluding diaryl/α,β-unsaturated/α-hetero) is 1. The van der Waals surface area contributed by atoms with Crippen LogP contribution in [0.3, 0.4) is 0 Å². The van der Waals surface area contributed by atoms with Crippen LogP contribution in [-0.4, -0.2) is 23.4 Å². The number of primary amides is 1. The van der Waals surface area contributed by atoms with Crippen molar-refractivity contribution in [3.05, 3.63) is 16.5 Å². The van der Waals surface area contributed by atoms with Crippen LogP contribution < -0.4 is 11.5 Å². The highest BCUT2D eigenvalue weighted by atomic mass is 32.1. The molecule has 2 rings (SSSR count). The SMILES string of the molecule is NC(=O)c1c(C(=O)C2(CO)CC2)csc1N. The highest BCUT2D eigenvalue weighted by molar-refractivity contribution is 7.14. The molecule has 1 heterocycles. The Bertz CT molecular complexity index is 463. The van der Waals surface area contributed by atoms with E-state index in [2.05, 4.69) is 0 Å². The average molecular weight is 240 g/mol. The molecule has 0 unspecified atom stereocenters. The van der Waals surface area contributed by atoms with Crippen molar-refractivity contribution in [3.8, 4) is 0 Å². The summed E-state index contributed by atoms with van der Waals surface area (Å²) in [5.74, 6) is -0.924. The Morgan fingerprint density at radius 2 is 2.12 bits per heavy atom. The molecule has 6 heteroatoms. The summed E-state index contributed by atoms with van der Waals surface area (Å²) in [4.78, 5) is 23.3. The van der Waals surface area contributed by atoms with Gasteiger partial charge in [-0.3, -0.25) is 9.59 Å². The molecule has 1 amide bonds. The largest absolute Gasteiger partial charge is 0.395 e. The van der Waals surface area contributed by atoms with Crippen LogP contribution in [0.1, 0.15) is 33.6 Å². The van der Waals surface area contributed by atoms with Crippen molar-refractivity contribution in [2.75, 3.05) is 12.3 Å². The van der Waals surface area contributed by atoms with Crippen molar-refractivity contribution in [3.63, 3.8) is 0 Å². The maximum Gasteiger partial charge on any atom is 0.252 e. The van der Waals surface area contributed by atoms with Gasteiger partial charge in [0.1, 0.15) is 0 Å². The number of aliphatic hydroxyl groups excluding tert-OH is 1. The number of aliphatic hydroxyl groups is 1. The molecule has 1 aliphatic rings. The van der Waals surface area contributed by atoms with Crippen LogP contribution in [-0.2, 0) is 0 Å². The van der Waals surface area contributed by atoms with Gasteiger partial charge in [0.05, 0.1) is 22.6 Å². The summed E-state index contributed by atoms with van der Waals surface area (Å²) in [5.41, 5.74) is 10.4. The lowest BCUT2D eigenvalue weighted by molar-refractivity contribution is 0.0823. The van der Waals surface area contributed by atoms with Crippen molar-refractivity contribution in [1.82, 2.24) is 0 Å². The molecule has 0 saturated heterocycles. The lowest BCUT2D eigenvalue weighted by atomic mass is 9.94. The van der Waals surface area contributed by atoms with Gasteiger partial charge in [-0.25, -0.2) is 0 Å². The topological polar surface area (TPSA) is 106 Å². The maximum atomic E-state index is 12.1. The number of hydrogen-bond donors (Lipinski definition) is 3. The average Bonchev–Trinajstić information content (AvgIpc) is 2.95. The fourth-order valence-electron chi connectivity index (χ4n) is 1.69. The highest BCUT2D eigenvalue weighted by Gasteiger charge is 2.50. The predicted molar refractivity (Wildman–Crippen MR) is 60.3 cm³/mol. The van der Waals surface area contributed by atoms with Gasteiger partial charge in [0.25, 0.3) is 5.91 Å². The zero-order chi connectivity index (χ0) is 11.9. The van der Waals surface area contributed by atoms with Gasteiger partial charge in [0, 0.05) is 10.9 Å². The number of thiophene rings is 1. The van der Waals surface area contributed by atoms with Crippen LogP contribution in [0.4, 0.5) is 5.00 Å². The second kappa shape index (κ2) is 3.57. The Balaban J connectivity index is 2.41. The van der Waals surface area contributed by atoms with Gasteiger partial charge in [-0.05, 0) is 12.8 Å². The Morgan fingerprint density at radius 1 is 1.50 bits per heavy atom. The van der Waals surface area contributed by atoms with Crippen LogP contribution in [0.25, 0.3) is 0 Å². The molecule has 5 N–H and O–H groups in total. The molecule has 0 spiro atoms. The summed E-state index contributed by atoms with van der Waals surface area (Å²) in [6.45, 7) is -0.195. The number of anilines is 1. The van der Waals surface area contributed by atoms with Crippen molar-refractivity contribution in [2.24, 2.45) is 11.1 Å². The van der Waals surface area contributed by atoms with Crippen LogP contribution in [0.15, 0.2) is 5.38 Å². The monoisotopic (exact) mass is 240 g/mol. The first-order chi connectivity index (χ1) is 7.52. The Morgan fingerprint density at radius 3 is 2.56 bits per heavy atom. The predicted octanol–water partition coefficient (Wildman–Crippen LogP) is 0.384. The second-order valence-corrected chi connectivity index (χ2v) is 4.93. The van der Waals surface area contributed by atoms with E-state index in [0.29, 0.717) is 12.8 Å². The third-order valence-electron chi connectivity index (χ3n) is 2.95. The number of nitrogens with two attached hydrogens (primary N) is 2. The van der Waals surface area contributed by atoms with Gasteiger partial charge >= 0.3 is 0 Å². The Labute approximate surface area is 96.1 Å². The molecular formula is C10H12N2O3S. The van der Waals surface area contributed by atoms with E-state index in [1.807, 2.05) is 0 Å². The van der Waals surface area contributed by atoms with Crippen molar-refractivity contribution >= 4 is 28.0 Å². The van der Waals surface area contributed by atoms with Gasteiger partial charge in [0.2, 0.25) is 0 Å². The number of nitrogen functional groups attached to an aromatic ring is 1. The van der Waals surface area contributed by atoms with E-state index in [0.717, 1.165) is 11.3 Å². The quantitative estimate of drug-likeness (QED) is 0.661. The summed E-state index contributed by atoms with van der Waals surface area (Å²) >= 11 is 1.12. The first kappa shape index (κ1) is 11.1. The summed E-state index contributed by atoms with van der Waals surface area (Å²) in [7, 11) is 0. The zero-order valence-electron chi connectivity index (χ0n) is 8.53. The number of hydrogen-bond acceptors (Lipinski definition) is 5. The fourth-order valence-corrected chi connectivity index (χ4v) is 2.49. The van der Waals surface area contributed by atoms with E-state index >= 15 is 0 Å². The molecule has 1 aliphatic carbocycles. The van der Waals surface area contributed by atoms with Crippen LogP contribution >= 0.6 is 11.3 Å². The van der Waals surface area contributed by atoms with E-state index in [4.69, 9.17) is 16.6 Å². The first-order valence-electron chi connectivity index (χ1n) is 4.84. The molecule has 0 bridgehead atoms. The second-order valence-electron chi connectivity index (χ2n) is 4.02. The zero-order valence-corrected chi connectivity index (χ0v) is 9.34. The molecule has 5 nitrogen and oxygen atoms in total. The van der Waals surface area contributed by atoms with Crippen molar-refractivity contribution < 1.29 is 14.7 Å². The summed E-state index contributed by atoms with van der Waals surface area (Å²) in [5, 5.41) is 10.9.